The second-order valence-corrected chi connectivity index (χ2v) is 8.23. The van der Waals surface area contributed by atoms with Gasteiger partial charge in [0.1, 0.15) is 4.90 Å². The quantitative estimate of drug-likeness (QED) is 0.443. The number of nitrogens with zero attached hydrogens (tertiary/aromatic N) is 5. The zero-order valence-electron chi connectivity index (χ0n) is 16.9. The van der Waals surface area contributed by atoms with Gasteiger partial charge in [0.25, 0.3) is 5.56 Å². The molecule has 4 aromatic rings. The second kappa shape index (κ2) is 8.44. The van der Waals surface area contributed by atoms with Crippen molar-refractivity contribution in [1.82, 2.24) is 24.8 Å². The maximum absolute atomic E-state index is 13.7. The van der Waals surface area contributed by atoms with Gasteiger partial charge in [0.2, 0.25) is 5.16 Å². The summed E-state index contributed by atoms with van der Waals surface area (Å²) in [5.74, 6) is 0. The van der Waals surface area contributed by atoms with E-state index in [0.29, 0.717) is 38.6 Å². The van der Waals surface area contributed by atoms with E-state index in [2.05, 4.69) is 15.5 Å². The number of nitrogen functional groups attached to an aromatic ring is 2. The molecule has 0 unspecified atom stereocenters. The predicted molar refractivity (Wildman–Crippen MR) is 124 cm³/mol. The molecule has 2 heterocycles. The number of rotatable bonds is 5. The van der Waals surface area contributed by atoms with E-state index in [-0.39, 0.29) is 5.56 Å². The van der Waals surface area contributed by atoms with E-state index in [0.717, 1.165) is 28.6 Å². The fourth-order valence-corrected chi connectivity index (χ4v) is 4.38. The summed E-state index contributed by atoms with van der Waals surface area (Å²) in [7, 11) is 1.70. The molecule has 0 saturated heterocycles. The third kappa shape index (κ3) is 3.77. The predicted octanol–water partition coefficient (Wildman–Crippen LogP) is 3.56. The molecule has 158 valence electrons. The summed E-state index contributed by atoms with van der Waals surface area (Å²) in [6, 6.07) is 14.6. The molecule has 0 bridgehead atoms. The Labute approximate surface area is 187 Å². The van der Waals surface area contributed by atoms with Gasteiger partial charge in [-0.2, -0.15) is 0 Å². The zero-order valence-corrected chi connectivity index (χ0v) is 18.5. The highest BCUT2D eigenvalue weighted by Crippen LogP contribution is 2.38. The molecule has 0 saturated carbocycles. The van der Waals surface area contributed by atoms with Crippen LogP contribution in [0.3, 0.4) is 0 Å². The fourth-order valence-electron chi connectivity index (χ4n) is 3.44. The summed E-state index contributed by atoms with van der Waals surface area (Å²) in [4.78, 5) is 14.0. The first-order chi connectivity index (χ1) is 14.9. The third-order valence-corrected chi connectivity index (χ3v) is 6.27. The molecule has 0 aliphatic carbocycles. The first-order valence-electron chi connectivity index (χ1n) is 9.50. The van der Waals surface area contributed by atoms with Gasteiger partial charge in [-0.15, -0.1) is 5.10 Å². The number of nitrogens with two attached hydrogens (primary N) is 2. The van der Waals surface area contributed by atoms with Crippen LogP contribution in [0, 0.1) is 0 Å². The average Bonchev–Trinajstić information content (AvgIpc) is 3.17. The molecule has 0 aliphatic heterocycles. The van der Waals surface area contributed by atoms with Crippen molar-refractivity contribution in [1.29, 1.82) is 0 Å². The van der Waals surface area contributed by atoms with Gasteiger partial charge in [-0.25, -0.2) is 4.68 Å². The van der Waals surface area contributed by atoms with Crippen LogP contribution in [0.1, 0.15) is 12.6 Å². The van der Waals surface area contributed by atoms with E-state index in [1.165, 1.54) is 4.68 Å². The van der Waals surface area contributed by atoms with Crippen molar-refractivity contribution in [3.63, 3.8) is 0 Å². The molecule has 0 amide bonds. The SMILES string of the molecule is CCc1c(-c2ccc(Cl)cc2)c(N)c(Sc2nnnn2C)c(=O)n1-c1ccccc1N. The minimum Gasteiger partial charge on any atom is -0.397 e. The van der Waals surface area contributed by atoms with E-state index in [4.69, 9.17) is 23.1 Å². The van der Waals surface area contributed by atoms with Gasteiger partial charge in [-0.1, -0.05) is 42.8 Å². The van der Waals surface area contributed by atoms with Crippen molar-refractivity contribution in [2.24, 2.45) is 7.05 Å². The van der Waals surface area contributed by atoms with Crippen molar-refractivity contribution in [3.05, 3.63) is 69.6 Å². The maximum atomic E-state index is 13.7. The number of anilines is 2. The lowest BCUT2D eigenvalue weighted by Crippen LogP contribution is -2.26. The van der Waals surface area contributed by atoms with Crippen LogP contribution in [-0.2, 0) is 13.5 Å². The smallest absolute Gasteiger partial charge is 0.271 e. The molecule has 8 nitrogen and oxygen atoms in total. The second-order valence-electron chi connectivity index (χ2n) is 6.81. The molecular weight excluding hydrogens is 434 g/mol. The molecule has 0 fully saturated rings. The van der Waals surface area contributed by atoms with Crippen molar-refractivity contribution in [2.75, 3.05) is 11.5 Å². The Morgan fingerprint density at radius 3 is 2.42 bits per heavy atom. The zero-order chi connectivity index (χ0) is 22.1. The Hall–Kier alpha value is -3.30. The number of aryl methyl sites for hydroxylation is 1. The number of halogens is 1. The number of pyridine rings is 1. The Bertz CT molecular complexity index is 1310. The standard InChI is InChI=1S/C21H20ClN7OS/c1-3-15-17(12-8-10-13(22)11-9-12)18(24)19(31-21-25-26-27-28(21)2)20(30)29(15)16-7-5-4-6-14(16)23/h4-11H,3,23-24H2,1-2H3. The van der Waals surface area contributed by atoms with Crippen LogP contribution in [0.4, 0.5) is 11.4 Å². The minimum absolute atomic E-state index is 0.280. The van der Waals surface area contributed by atoms with Gasteiger partial charge >= 0.3 is 0 Å². The van der Waals surface area contributed by atoms with Gasteiger partial charge in [-0.3, -0.25) is 9.36 Å². The van der Waals surface area contributed by atoms with E-state index < -0.39 is 0 Å². The number of hydrogen-bond donors (Lipinski definition) is 2. The Morgan fingerprint density at radius 2 is 1.81 bits per heavy atom. The van der Waals surface area contributed by atoms with Crippen LogP contribution in [-0.4, -0.2) is 24.8 Å². The number of tetrazole rings is 1. The van der Waals surface area contributed by atoms with Crippen LogP contribution in [0.25, 0.3) is 16.8 Å². The number of benzene rings is 2. The van der Waals surface area contributed by atoms with E-state index in [1.807, 2.05) is 37.3 Å². The number of para-hydroxylation sites is 2. The maximum Gasteiger partial charge on any atom is 0.271 e. The van der Waals surface area contributed by atoms with Crippen molar-refractivity contribution < 1.29 is 0 Å². The van der Waals surface area contributed by atoms with Gasteiger partial charge in [-0.05, 0) is 58.4 Å². The summed E-state index contributed by atoms with van der Waals surface area (Å²) in [5.41, 5.74) is 16.4. The Kier molecular flexibility index (Phi) is 5.71. The first-order valence-corrected chi connectivity index (χ1v) is 10.7. The van der Waals surface area contributed by atoms with Crippen LogP contribution in [0.5, 0.6) is 0 Å². The molecule has 0 aliphatic rings. The highest BCUT2D eigenvalue weighted by Gasteiger charge is 2.24. The van der Waals surface area contributed by atoms with Crippen molar-refractivity contribution >= 4 is 34.7 Å². The van der Waals surface area contributed by atoms with Crippen LogP contribution in [0.15, 0.2) is 63.4 Å². The highest BCUT2D eigenvalue weighted by atomic mass is 35.5. The normalized spacial score (nSPS) is 11.1. The summed E-state index contributed by atoms with van der Waals surface area (Å²) in [5, 5.41) is 12.5. The van der Waals surface area contributed by atoms with Gasteiger partial charge < -0.3 is 11.5 Å². The van der Waals surface area contributed by atoms with E-state index in [9.17, 15) is 4.79 Å². The average molecular weight is 454 g/mol. The van der Waals surface area contributed by atoms with Gasteiger partial charge in [0, 0.05) is 23.3 Å². The lowest BCUT2D eigenvalue weighted by atomic mass is 9.99. The molecule has 4 rings (SSSR count). The lowest BCUT2D eigenvalue weighted by Gasteiger charge is -2.22. The van der Waals surface area contributed by atoms with E-state index >= 15 is 0 Å². The van der Waals surface area contributed by atoms with Crippen LogP contribution < -0.4 is 17.0 Å². The number of hydrogen-bond acceptors (Lipinski definition) is 7. The van der Waals surface area contributed by atoms with Crippen molar-refractivity contribution in [2.45, 2.75) is 23.4 Å². The molecule has 0 radical (unpaired) electrons. The van der Waals surface area contributed by atoms with Crippen LogP contribution >= 0.6 is 23.4 Å². The molecule has 0 spiro atoms. The Morgan fingerprint density at radius 1 is 1.10 bits per heavy atom. The van der Waals surface area contributed by atoms with Crippen LogP contribution in [0.2, 0.25) is 5.02 Å². The molecule has 31 heavy (non-hydrogen) atoms. The molecule has 10 heteroatoms. The summed E-state index contributed by atoms with van der Waals surface area (Å²) >= 11 is 7.22. The van der Waals surface area contributed by atoms with E-state index in [1.54, 1.807) is 29.8 Å². The highest BCUT2D eigenvalue weighted by molar-refractivity contribution is 7.99. The molecular formula is C21H20ClN7OS. The third-order valence-electron chi connectivity index (χ3n) is 4.89. The Balaban J connectivity index is 2.09. The molecule has 0 atom stereocenters. The largest absolute Gasteiger partial charge is 0.397 e. The molecule has 4 N–H and O–H groups in total. The summed E-state index contributed by atoms with van der Waals surface area (Å²) in [6.45, 7) is 1.97. The van der Waals surface area contributed by atoms with Crippen molar-refractivity contribution in [3.8, 4) is 16.8 Å². The van der Waals surface area contributed by atoms with Gasteiger partial charge in [0.05, 0.1) is 17.1 Å². The minimum atomic E-state index is -0.280. The molecule has 2 aromatic heterocycles. The summed E-state index contributed by atoms with van der Waals surface area (Å²) in [6.07, 6.45) is 0.558. The topological polar surface area (TPSA) is 118 Å². The lowest BCUT2D eigenvalue weighted by molar-refractivity contribution is 0.664. The fraction of sp³-hybridized carbons (Fsp3) is 0.143. The monoisotopic (exact) mass is 453 g/mol. The number of aromatic nitrogens is 5. The molecule has 2 aromatic carbocycles. The van der Waals surface area contributed by atoms with Gasteiger partial charge in [0.15, 0.2) is 0 Å². The first kappa shape index (κ1) is 21.0. The summed E-state index contributed by atoms with van der Waals surface area (Å²) < 4.78 is 3.11.